The predicted octanol–water partition coefficient (Wildman–Crippen LogP) is 4.36. The molecule has 0 heterocycles. The quantitative estimate of drug-likeness (QED) is 0.657. The summed E-state index contributed by atoms with van der Waals surface area (Å²) in [6, 6.07) is 16.8. The molecule has 0 aromatic heterocycles. The number of ether oxygens (including phenoxy) is 1. The molecule has 2 aromatic rings. The Balaban J connectivity index is 2.21. The van der Waals surface area contributed by atoms with Crippen molar-refractivity contribution < 1.29 is 9.53 Å². The Morgan fingerprint density at radius 1 is 1.17 bits per heavy atom. The summed E-state index contributed by atoms with van der Waals surface area (Å²) < 4.78 is 5.20. The summed E-state index contributed by atoms with van der Waals surface area (Å²) in [5, 5.41) is 12.0. The van der Waals surface area contributed by atoms with E-state index in [4.69, 9.17) is 4.74 Å². The maximum atomic E-state index is 12.3. The van der Waals surface area contributed by atoms with E-state index < -0.39 is 5.91 Å². The fourth-order valence-electron chi connectivity index (χ4n) is 2.23. The number of carbonyl (C=O) groups is 1. The second kappa shape index (κ2) is 7.98. The lowest BCUT2D eigenvalue weighted by Crippen LogP contribution is -2.14. The molecular weight excluding hydrogens is 300 g/mol. The van der Waals surface area contributed by atoms with Crippen molar-refractivity contribution in [2.24, 2.45) is 0 Å². The average Bonchev–Trinajstić information content (AvgIpc) is 2.60. The lowest BCUT2D eigenvalue weighted by molar-refractivity contribution is -0.112. The fraction of sp³-hybridized carbons (Fsp3) is 0.200. The molecule has 0 bridgehead atoms. The number of nitrogens with zero attached hydrogens (tertiary/aromatic N) is 1. The van der Waals surface area contributed by atoms with Crippen LogP contribution in [0, 0.1) is 11.3 Å². The van der Waals surface area contributed by atoms with Gasteiger partial charge in [0, 0.05) is 0 Å². The first-order chi connectivity index (χ1) is 11.5. The van der Waals surface area contributed by atoms with Gasteiger partial charge in [0.2, 0.25) is 0 Å². The van der Waals surface area contributed by atoms with E-state index in [1.807, 2.05) is 36.4 Å². The highest BCUT2D eigenvalue weighted by Gasteiger charge is 2.12. The van der Waals surface area contributed by atoms with Gasteiger partial charge in [-0.2, -0.15) is 5.26 Å². The molecule has 2 aromatic carbocycles. The molecule has 4 nitrogen and oxygen atoms in total. The molecule has 1 N–H and O–H groups in total. The van der Waals surface area contributed by atoms with Crippen LogP contribution in [0.1, 0.15) is 30.9 Å². The molecule has 24 heavy (non-hydrogen) atoms. The Morgan fingerprint density at radius 3 is 2.42 bits per heavy atom. The second-order valence-electron chi connectivity index (χ2n) is 5.65. The molecule has 0 radical (unpaired) electrons. The van der Waals surface area contributed by atoms with Gasteiger partial charge in [0.25, 0.3) is 5.91 Å². The zero-order valence-corrected chi connectivity index (χ0v) is 14.0. The highest BCUT2D eigenvalue weighted by molar-refractivity contribution is 6.10. The zero-order chi connectivity index (χ0) is 17.5. The van der Waals surface area contributed by atoms with E-state index in [9.17, 15) is 10.1 Å². The van der Waals surface area contributed by atoms with Crippen molar-refractivity contribution in [3.05, 3.63) is 65.2 Å². The van der Waals surface area contributed by atoms with Crippen molar-refractivity contribution >= 4 is 17.7 Å². The van der Waals surface area contributed by atoms with Gasteiger partial charge in [-0.3, -0.25) is 4.79 Å². The molecule has 0 spiro atoms. The van der Waals surface area contributed by atoms with Crippen molar-refractivity contribution in [2.45, 2.75) is 19.8 Å². The van der Waals surface area contributed by atoms with Gasteiger partial charge in [-0.25, -0.2) is 0 Å². The highest BCUT2D eigenvalue weighted by atomic mass is 16.5. The maximum Gasteiger partial charge on any atom is 0.266 e. The summed E-state index contributed by atoms with van der Waals surface area (Å²) in [6.07, 6.45) is 1.58. The summed E-state index contributed by atoms with van der Waals surface area (Å²) in [6.45, 7) is 4.23. The van der Waals surface area contributed by atoms with Crippen LogP contribution in [0.3, 0.4) is 0 Å². The molecule has 0 aliphatic rings. The third-order valence-corrected chi connectivity index (χ3v) is 3.63. The Morgan fingerprint density at radius 2 is 1.83 bits per heavy atom. The van der Waals surface area contributed by atoms with Gasteiger partial charge < -0.3 is 10.1 Å². The van der Waals surface area contributed by atoms with Gasteiger partial charge in [0.1, 0.15) is 17.4 Å². The minimum atomic E-state index is -0.463. The average molecular weight is 320 g/mol. The number of nitrogens with one attached hydrogen (secondary N) is 1. The van der Waals surface area contributed by atoms with Gasteiger partial charge in [-0.1, -0.05) is 50.2 Å². The molecule has 4 heteroatoms. The number of benzene rings is 2. The van der Waals surface area contributed by atoms with E-state index in [-0.39, 0.29) is 5.57 Å². The normalized spacial score (nSPS) is 11.0. The largest absolute Gasteiger partial charge is 0.495 e. The van der Waals surface area contributed by atoms with Crippen LogP contribution < -0.4 is 10.1 Å². The molecule has 1 amide bonds. The summed E-state index contributed by atoms with van der Waals surface area (Å²) in [4.78, 5) is 12.3. The van der Waals surface area contributed by atoms with Gasteiger partial charge >= 0.3 is 0 Å². The standard InChI is InChI=1S/C20H20N2O2/c1-14(2)16-10-8-15(9-11-16)12-17(13-21)20(23)22-18-6-4-5-7-19(18)24-3/h4-12,14H,1-3H3,(H,22,23)/b17-12-. The van der Waals surface area contributed by atoms with Crippen LogP contribution in [0.5, 0.6) is 5.75 Å². The van der Waals surface area contributed by atoms with E-state index in [1.54, 1.807) is 24.3 Å². The van der Waals surface area contributed by atoms with E-state index >= 15 is 0 Å². The van der Waals surface area contributed by atoms with Crippen LogP contribution in [-0.2, 0) is 4.79 Å². The SMILES string of the molecule is COc1ccccc1NC(=O)/C(C#N)=C\c1ccc(C(C)C)cc1. The molecule has 0 unspecified atom stereocenters. The van der Waals surface area contributed by atoms with Crippen LogP contribution >= 0.6 is 0 Å². The molecule has 2 rings (SSSR count). The lowest BCUT2D eigenvalue weighted by atomic mass is 10.0. The molecule has 0 saturated heterocycles. The topological polar surface area (TPSA) is 62.1 Å². The zero-order valence-electron chi connectivity index (χ0n) is 14.0. The molecule has 0 fully saturated rings. The third-order valence-electron chi connectivity index (χ3n) is 3.63. The first-order valence-corrected chi connectivity index (χ1v) is 7.71. The van der Waals surface area contributed by atoms with Crippen molar-refractivity contribution in [3.63, 3.8) is 0 Å². The third kappa shape index (κ3) is 4.23. The van der Waals surface area contributed by atoms with Crippen molar-refractivity contribution in [2.75, 3.05) is 12.4 Å². The Labute approximate surface area is 142 Å². The lowest BCUT2D eigenvalue weighted by Gasteiger charge is -2.09. The van der Waals surface area contributed by atoms with Gasteiger partial charge in [-0.15, -0.1) is 0 Å². The minimum absolute atomic E-state index is 0.0400. The van der Waals surface area contributed by atoms with Crippen LogP contribution in [0.25, 0.3) is 6.08 Å². The van der Waals surface area contributed by atoms with E-state index in [1.165, 1.54) is 12.7 Å². The Hall–Kier alpha value is -3.06. The summed E-state index contributed by atoms with van der Waals surface area (Å²) in [7, 11) is 1.53. The Kier molecular flexibility index (Phi) is 5.75. The van der Waals surface area contributed by atoms with Crippen LogP contribution in [0.4, 0.5) is 5.69 Å². The molecule has 0 aliphatic heterocycles. The van der Waals surface area contributed by atoms with Gasteiger partial charge in [0.15, 0.2) is 0 Å². The number of anilines is 1. The van der Waals surface area contributed by atoms with Crippen molar-refractivity contribution in [1.82, 2.24) is 0 Å². The van der Waals surface area contributed by atoms with E-state index in [0.29, 0.717) is 17.4 Å². The number of hydrogen-bond donors (Lipinski definition) is 1. The van der Waals surface area contributed by atoms with Crippen LogP contribution in [-0.4, -0.2) is 13.0 Å². The number of nitriles is 1. The van der Waals surface area contributed by atoms with Crippen LogP contribution in [0.15, 0.2) is 54.1 Å². The summed E-state index contributed by atoms with van der Waals surface area (Å²) in [5.41, 5.74) is 2.59. The first-order valence-electron chi connectivity index (χ1n) is 7.71. The van der Waals surface area contributed by atoms with Crippen molar-refractivity contribution in [1.29, 1.82) is 5.26 Å². The second-order valence-corrected chi connectivity index (χ2v) is 5.65. The smallest absolute Gasteiger partial charge is 0.266 e. The first kappa shape index (κ1) is 17.3. The molecule has 0 saturated carbocycles. The monoisotopic (exact) mass is 320 g/mol. The molecule has 0 aliphatic carbocycles. The number of rotatable bonds is 5. The molecule has 122 valence electrons. The highest BCUT2D eigenvalue weighted by Crippen LogP contribution is 2.24. The number of methoxy groups -OCH3 is 1. The van der Waals surface area contributed by atoms with Gasteiger partial charge in [-0.05, 0) is 35.3 Å². The van der Waals surface area contributed by atoms with E-state index in [2.05, 4.69) is 19.2 Å². The number of amides is 1. The predicted molar refractivity (Wildman–Crippen MR) is 95.7 cm³/mol. The fourth-order valence-corrected chi connectivity index (χ4v) is 2.23. The van der Waals surface area contributed by atoms with Gasteiger partial charge in [0.05, 0.1) is 12.8 Å². The number of para-hydroxylation sites is 2. The Bertz CT molecular complexity index is 784. The maximum absolute atomic E-state index is 12.3. The van der Waals surface area contributed by atoms with E-state index in [0.717, 1.165) is 5.56 Å². The summed E-state index contributed by atoms with van der Waals surface area (Å²) >= 11 is 0. The molecule has 0 atom stereocenters. The number of carbonyl (C=O) groups excluding carboxylic acids is 1. The summed E-state index contributed by atoms with van der Waals surface area (Å²) in [5.74, 6) is 0.520. The minimum Gasteiger partial charge on any atom is -0.495 e. The van der Waals surface area contributed by atoms with Crippen molar-refractivity contribution in [3.8, 4) is 11.8 Å². The molecular formula is C20H20N2O2. The van der Waals surface area contributed by atoms with Crippen LogP contribution in [0.2, 0.25) is 0 Å². The number of hydrogen-bond acceptors (Lipinski definition) is 3.